The van der Waals surface area contributed by atoms with Gasteiger partial charge in [-0.15, -0.1) is 0 Å². The molecule has 0 saturated carbocycles. The first-order valence-electron chi connectivity index (χ1n) is 5.58. The van der Waals surface area contributed by atoms with E-state index in [9.17, 15) is 19.3 Å². The summed E-state index contributed by atoms with van der Waals surface area (Å²) in [5, 5.41) is 13.4. The Hall–Kier alpha value is -1.99. The maximum atomic E-state index is 13.2. The third-order valence-electron chi connectivity index (χ3n) is 2.53. The molecular weight excluding hydrogens is 367 g/mol. The van der Waals surface area contributed by atoms with Crippen molar-refractivity contribution in [1.29, 1.82) is 0 Å². The minimum atomic E-state index is -0.611. The Kier molecular flexibility index (Phi) is 4.54. The van der Waals surface area contributed by atoms with Gasteiger partial charge in [-0.05, 0) is 46.3 Å². The second-order valence-corrected chi connectivity index (χ2v) is 5.33. The molecule has 0 spiro atoms. The van der Waals surface area contributed by atoms with Gasteiger partial charge in [0.05, 0.1) is 9.40 Å². The number of nitro benzene ring substituents is 1. The molecule has 0 radical (unpaired) electrons. The molecule has 1 N–H and O–H groups in total. The van der Waals surface area contributed by atoms with Gasteiger partial charge in [0.1, 0.15) is 5.82 Å². The molecule has 0 aliphatic heterocycles. The minimum Gasteiger partial charge on any atom is -0.322 e. The quantitative estimate of drug-likeness (QED) is 0.640. The molecule has 21 heavy (non-hydrogen) atoms. The lowest BCUT2D eigenvalue weighted by molar-refractivity contribution is -0.385. The van der Waals surface area contributed by atoms with Crippen molar-refractivity contribution in [3.8, 4) is 0 Å². The maximum absolute atomic E-state index is 13.2. The molecule has 0 unspecified atom stereocenters. The zero-order valence-electron chi connectivity index (χ0n) is 10.3. The van der Waals surface area contributed by atoms with Crippen molar-refractivity contribution in [1.82, 2.24) is 0 Å². The number of benzene rings is 2. The number of halogens is 3. The summed E-state index contributed by atoms with van der Waals surface area (Å²) in [5.74, 6) is -1.20. The Bertz CT molecular complexity index is 719. The van der Waals surface area contributed by atoms with Gasteiger partial charge in [0, 0.05) is 22.3 Å². The summed E-state index contributed by atoms with van der Waals surface area (Å²) in [6, 6.07) is 7.49. The summed E-state index contributed by atoms with van der Waals surface area (Å²) in [6.07, 6.45) is 0. The first kappa shape index (κ1) is 15.4. The van der Waals surface area contributed by atoms with E-state index in [4.69, 9.17) is 11.6 Å². The second-order valence-electron chi connectivity index (χ2n) is 4.04. The fraction of sp³-hybridized carbons (Fsp3) is 0. The lowest BCUT2D eigenvalue weighted by atomic mass is 10.2. The van der Waals surface area contributed by atoms with Gasteiger partial charge in [-0.2, -0.15) is 0 Å². The minimum absolute atomic E-state index is 0.0743. The smallest absolute Gasteiger partial charge is 0.284 e. The van der Waals surface area contributed by atoms with Crippen LogP contribution < -0.4 is 5.32 Å². The maximum Gasteiger partial charge on any atom is 0.284 e. The number of hydrogen-bond donors (Lipinski definition) is 1. The van der Waals surface area contributed by atoms with Crippen molar-refractivity contribution in [3.63, 3.8) is 0 Å². The molecule has 2 aromatic carbocycles. The predicted molar refractivity (Wildman–Crippen MR) is 80.2 cm³/mol. The number of carbonyl (C=O) groups is 1. The van der Waals surface area contributed by atoms with Gasteiger partial charge in [0.2, 0.25) is 0 Å². The number of amides is 1. The van der Waals surface area contributed by atoms with Crippen LogP contribution in [0.15, 0.2) is 40.9 Å². The van der Waals surface area contributed by atoms with Crippen molar-refractivity contribution >= 4 is 44.8 Å². The molecule has 0 heterocycles. The van der Waals surface area contributed by atoms with Crippen LogP contribution in [0.1, 0.15) is 10.4 Å². The van der Waals surface area contributed by atoms with Gasteiger partial charge < -0.3 is 5.32 Å². The number of nitro groups is 1. The molecule has 108 valence electrons. The highest BCUT2D eigenvalue weighted by atomic mass is 79.9. The van der Waals surface area contributed by atoms with Crippen LogP contribution in [0.25, 0.3) is 0 Å². The Morgan fingerprint density at radius 3 is 2.62 bits per heavy atom. The fourth-order valence-corrected chi connectivity index (χ4v) is 2.24. The summed E-state index contributed by atoms with van der Waals surface area (Å²) >= 11 is 8.71. The number of rotatable bonds is 3. The molecule has 8 heteroatoms. The van der Waals surface area contributed by atoms with Crippen molar-refractivity contribution in [3.05, 3.63) is 67.4 Å². The number of nitrogens with zero attached hydrogens (tertiary/aromatic N) is 1. The van der Waals surface area contributed by atoms with E-state index in [-0.39, 0.29) is 26.4 Å². The van der Waals surface area contributed by atoms with E-state index < -0.39 is 16.6 Å². The average molecular weight is 374 g/mol. The molecular formula is C13H7BrClFN2O3. The molecule has 0 fully saturated rings. The molecule has 0 aromatic heterocycles. The Balaban J connectivity index is 2.28. The van der Waals surface area contributed by atoms with Crippen LogP contribution in [-0.2, 0) is 0 Å². The van der Waals surface area contributed by atoms with Crippen LogP contribution in [0.2, 0.25) is 5.02 Å². The van der Waals surface area contributed by atoms with E-state index in [1.54, 1.807) is 0 Å². The van der Waals surface area contributed by atoms with Gasteiger partial charge in [-0.25, -0.2) is 4.39 Å². The molecule has 0 saturated heterocycles. The molecule has 2 rings (SSSR count). The lowest BCUT2D eigenvalue weighted by Gasteiger charge is -2.06. The van der Waals surface area contributed by atoms with Crippen LogP contribution in [-0.4, -0.2) is 10.8 Å². The Morgan fingerprint density at radius 2 is 2.00 bits per heavy atom. The van der Waals surface area contributed by atoms with Crippen LogP contribution >= 0.6 is 27.5 Å². The van der Waals surface area contributed by atoms with Crippen molar-refractivity contribution < 1.29 is 14.1 Å². The van der Waals surface area contributed by atoms with E-state index in [0.29, 0.717) is 0 Å². The highest BCUT2D eigenvalue weighted by Gasteiger charge is 2.16. The molecule has 0 aliphatic carbocycles. The second kappa shape index (κ2) is 6.19. The van der Waals surface area contributed by atoms with Crippen molar-refractivity contribution in [2.75, 3.05) is 5.32 Å². The monoisotopic (exact) mass is 372 g/mol. The van der Waals surface area contributed by atoms with Crippen molar-refractivity contribution in [2.45, 2.75) is 0 Å². The zero-order valence-corrected chi connectivity index (χ0v) is 12.6. The standard InChI is InChI=1S/C13H7BrClFN2O3/c14-11-2-1-7(3-12(11)18(20)21)13(19)17-10-5-8(15)4-9(16)6-10/h1-6H,(H,17,19). The first-order chi connectivity index (χ1) is 9.86. The molecule has 0 aliphatic rings. The van der Waals surface area contributed by atoms with Gasteiger partial charge in [-0.3, -0.25) is 14.9 Å². The highest BCUT2D eigenvalue weighted by molar-refractivity contribution is 9.10. The predicted octanol–water partition coefficient (Wildman–Crippen LogP) is 4.40. The largest absolute Gasteiger partial charge is 0.322 e. The number of anilines is 1. The van der Waals surface area contributed by atoms with Gasteiger partial charge in [0.25, 0.3) is 11.6 Å². The number of carbonyl (C=O) groups excluding carboxylic acids is 1. The van der Waals surface area contributed by atoms with E-state index >= 15 is 0 Å². The number of nitrogens with one attached hydrogen (secondary N) is 1. The average Bonchev–Trinajstić information content (AvgIpc) is 2.37. The Morgan fingerprint density at radius 1 is 1.29 bits per heavy atom. The topological polar surface area (TPSA) is 72.2 Å². The lowest BCUT2D eigenvalue weighted by Crippen LogP contribution is -2.12. The summed E-state index contributed by atoms with van der Waals surface area (Å²) < 4.78 is 13.4. The van der Waals surface area contributed by atoms with E-state index in [1.807, 2.05) is 0 Å². The van der Waals surface area contributed by atoms with Crippen LogP contribution in [0.5, 0.6) is 0 Å². The van der Waals surface area contributed by atoms with Crippen LogP contribution in [0.3, 0.4) is 0 Å². The summed E-state index contributed by atoms with van der Waals surface area (Å²) in [7, 11) is 0. The van der Waals surface area contributed by atoms with Crippen molar-refractivity contribution in [2.24, 2.45) is 0 Å². The normalized spacial score (nSPS) is 10.2. The summed E-state index contributed by atoms with van der Waals surface area (Å²) in [4.78, 5) is 22.2. The first-order valence-corrected chi connectivity index (χ1v) is 6.75. The molecule has 0 bridgehead atoms. The van der Waals surface area contributed by atoms with Gasteiger partial charge >= 0.3 is 0 Å². The SMILES string of the molecule is O=C(Nc1cc(F)cc(Cl)c1)c1ccc(Br)c([N+](=O)[O-])c1. The molecule has 0 atom stereocenters. The van der Waals surface area contributed by atoms with Crippen LogP contribution in [0, 0.1) is 15.9 Å². The third kappa shape index (κ3) is 3.77. The molecule has 1 amide bonds. The van der Waals surface area contributed by atoms with Crippen LogP contribution in [0.4, 0.5) is 15.8 Å². The fourth-order valence-electron chi connectivity index (χ4n) is 1.62. The molecule has 5 nitrogen and oxygen atoms in total. The van der Waals surface area contributed by atoms with E-state index in [1.165, 1.54) is 18.2 Å². The molecule has 2 aromatic rings. The van der Waals surface area contributed by atoms with E-state index in [2.05, 4.69) is 21.2 Å². The van der Waals surface area contributed by atoms with Gasteiger partial charge in [0.15, 0.2) is 0 Å². The zero-order chi connectivity index (χ0) is 15.6. The highest BCUT2D eigenvalue weighted by Crippen LogP contribution is 2.26. The number of hydrogen-bond acceptors (Lipinski definition) is 3. The summed E-state index contributed by atoms with van der Waals surface area (Å²) in [5.41, 5.74) is 0.000722. The van der Waals surface area contributed by atoms with E-state index in [0.717, 1.165) is 18.2 Å². The van der Waals surface area contributed by atoms with Gasteiger partial charge in [-0.1, -0.05) is 11.6 Å². The summed E-state index contributed by atoms with van der Waals surface area (Å²) in [6.45, 7) is 0. The third-order valence-corrected chi connectivity index (χ3v) is 3.41. The Labute approximate surface area is 132 Å².